The summed E-state index contributed by atoms with van der Waals surface area (Å²) in [4.78, 5) is 0. The molecule has 0 saturated heterocycles. The molecule has 1 radical (unpaired) electrons. The van der Waals surface area contributed by atoms with Crippen LogP contribution in [-0.2, 0) is 21.4 Å². The standard InChI is InChI=1S/Cr.Cu.3HI/h;;3*1H/q+3;;;;/p-3. The third-order valence-corrected chi connectivity index (χ3v) is 0. The van der Waals surface area contributed by atoms with E-state index in [0.29, 0.717) is 0 Å². The van der Waals surface area contributed by atoms with Crippen LogP contribution >= 0.6 is 60.8 Å². The monoisotopic (exact) mass is 496 g/mol. The first kappa shape index (κ1) is 11.1. The van der Waals surface area contributed by atoms with Gasteiger partial charge in [0.25, 0.3) is 0 Å². The summed E-state index contributed by atoms with van der Waals surface area (Å²) < 4.78 is -0.132. The van der Waals surface area contributed by atoms with Crippen molar-refractivity contribution >= 4 is 60.8 Å². The van der Waals surface area contributed by atoms with Gasteiger partial charge in [-0.25, -0.2) is 0 Å². The molecule has 0 aromatic heterocycles. The maximum absolute atomic E-state index is 2.44. The van der Waals surface area contributed by atoms with Gasteiger partial charge in [0.1, 0.15) is 0 Å². The molecule has 0 aliphatic heterocycles. The third kappa shape index (κ3) is 18.9. The molecule has 0 atom stereocenters. The predicted molar refractivity (Wildman–Crippen MR) is 42.1 cm³/mol. The minimum atomic E-state index is -0.132. The van der Waals surface area contributed by atoms with Gasteiger partial charge in [0.05, 0.1) is 0 Å². The van der Waals surface area contributed by atoms with Gasteiger partial charge in [-0.05, 0) is 0 Å². The quantitative estimate of drug-likeness (QED) is 0.358. The Morgan fingerprint density at radius 3 is 1.00 bits per heavy atom. The molecular weight excluding hydrogens is 496 g/mol. The van der Waals surface area contributed by atoms with E-state index in [9.17, 15) is 0 Å². The van der Waals surface area contributed by atoms with E-state index in [1.807, 2.05) is 0 Å². The van der Waals surface area contributed by atoms with Crippen LogP contribution in [0.2, 0.25) is 0 Å². The number of hydrogen-bond acceptors (Lipinski definition) is 0. The molecule has 0 N–H and O–H groups in total. The maximum atomic E-state index is 2.44. The SMILES string of the molecule is [Cu].[I][Cr]([I])[I]. The van der Waals surface area contributed by atoms with Crippen LogP contribution < -0.4 is 0 Å². The average molecular weight is 496 g/mol. The summed E-state index contributed by atoms with van der Waals surface area (Å²) in [5.74, 6) is 0. The fraction of sp³-hybridized carbons (Fsp3) is 0. The second-order valence-electron chi connectivity index (χ2n) is 0.175. The van der Waals surface area contributed by atoms with Crippen LogP contribution in [0.5, 0.6) is 0 Å². The second kappa shape index (κ2) is 7.24. The Kier molecular flexibility index (Phi) is 16.1. The van der Waals surface area contributed by atoms with Crippen molar-refractivity contribution in [1.82, 2.24) is 0 Å². The fourth-order valence-corrected chi connectivity index (χ4v) is 0. The van der Waals surface area contributed by atoms with E-state index in [4.69, 9.17) is 0 Å². The van der Waals surface area contributed by atoms with Crippen molar-refractivity contribution in [1.29, 1.82) is 0 Å². The second-order valence-corrected chi connectivity index (χ2v) is 32.5. The molecule has 5 heteroatoms. The predicted octanol–water partition coefficient (Wildman–Crippen LogP) is 2.65. The molecular formula is CrCuI3. The Labute approximate surface area is 80.1 Å². The summed E-state index contributed by atoms with van der Waals surface area (Å²) in [7, 11) is 0. The minimum absolute atomic E-state index is 0. The van der Waals surface area contributed by atoms with Crippen LogP contribution in [0, 0.1) is 0 Å². The van der Waals surface area contributed by atoms with Crippen molar-refractivity contribution in [2.24, 2.45) is 0 Å². The van der Waals surface area contributed by atoms with Gasteiger partial charge in [0.2, 0.25) is 0 Å². The molecule has 0 bridgehead atoms. The van der Waals surface area contributed by atoms with E-state index in [1.165, 1.54) is 0 Å². The summed E-state index contributed by atoms with van der Waals surface area (Å²) in [6, 6.07) is 0. The number of hydrogen-bond donors (Lipinski definition) is 0. The Morgan fingerprint density at radius 1 is 1.00 bits per heavy atom. The topological polar surface area (TPSA) is 0 Å². The van der Waals surface area contributed by atoms with Crippen LogP contribution in [0.3, 0.4) is 0 Å². The summed E-state index contributed by atoms with van der Waals surface area (Å²) >= 11 is 7.33. The van der Waals surface area contributed by atoms with Crippen LogP contribution in [0.25, 0.3) is 0 Å². The van der Waals surface area contributed by atoms with E-state index < -0.39 is 0 Å². The first-order valence-electron chi connectivity index (χ1n) is 0.463. The van der Waals surface area contributed by atoms with Gasteiger partial charge in [0.15, 0.2) is 0 Å². The molecule has 0 aliphatic rings. The van der Waals surface area contributed by atoms with Gasteiger partial charge in [0, 0.05) is 17.1 Å². The van der Waals surface area contributed by atoms with Crippen molar-refractivity contribution in [2.45, 2.75) is 0 Å². The first-order valence-corrected chi connectivity index (χ1v) is 12.8. The Morgan fingerprint density at radius 2 is 1.00 bits per heavy atom. The molecule has 0 unspecified atom stereocenters. The molecule has 0 aromatic carbocycles. The molecule has 0 aromatic rings. The molecule has 0 spiro atoms. The Bertz CT molecular complexity index is 11.6. The summed E-state index contributed by atoms with van der Waals surface area (Å²) in [5, 5.41) is 0. The van der Waals surface area contributed by atoms with Crippen molar-refractivity contribution in [3.05, 3.63) is 0 Å². The molecule has 0 nitrogen and oxygen atoms in total. The molecule has 0 aliphatic carbocycles. The van der Waals surface area contributed by atoms with Crippen LogP contribution in [-0.4, -0.2) is 0 Å². The Hall–Kier alpha value is 3.24. The van der Waals surface area contributed by atoms with Gasteiger partial charge in [-0.2, -0.15) is 0 Å². The summed E-state index contributed by atoms with van der Waals surface area (Å²) in [6.07, 6.45) is 0. The van der Waals surface area contributed by atoms with E-state index in [1.54, 1.807) is 0 Å². The van der Waals surface area contributed by atoms with Crippen molar-refractivity contribution in [3.63, 3.8) is 0 Å². The molecule has 0 fully saturated rings. The van der Waals surface area contributed by atoms with Gasteiger partial charge in [-0.1, -0.05) is 0 Å². The van der Waals surface area contributed by atoms with Crippen LogP contribution in [0.1, 0.15) is 0 Å². The molecule has 0 saturated carbocycles. The molecule has 0 rings (SSSR count). The van der Waals surface area contributed by atoms with E-state index in [-0.39, 0.29) is 21.4 Å². The normalized spacial score (nSPS) is 7.20. The fourth-order valence-electron chi connectivity index (χ4n) is 0. The zero-order valence-corrected chi connectivity index (χ0v) is 10.5. The average Bonchev–Trinajstić information content (AvgIpc) is 0.811. The van der Waals surface area contributed by atoms with Gasteiger partial charge in [-0.15, -0.1) is 0 Å². The van der Waals surface area contributed by atoms with Crippen molar-refractivity contribution < 1.29 is 21.4 Å². The summed E-state index contributed by atoms with van der Waals surface area (Å²) in [6.45, 7) is 0. The van der Waals surface area contributed by atoms with E-state index in [0.717, 1.165) is 0 Å². The third-order valence-electron chi connectivity index (χ3n) is 0. The van der Waals surface area contributed by atoms with Gasteiger partial charge in [-0.3, -0.25) is 0 Å². The molecule has 0 heterocycles. The number of halogens is 3. The van der Waals surface area contributed by atoms with Crippen LogP contribution in [0.4, 0.5) is 0 Å². The van der Waals surface area contributed by atoms with E-state index in [2.05, 4.69) is 60.8 Å². The van der Waals surface area contributed by atoms with Gasteiger partial charge >= 0.3 is 65.1 Å². The van der Waals surface area contributed by atoms with Crippen LogP contribution in [0.15, 0.2) is 0 Å². The zero-order valence-electron chi connectivity index (χ0n) is 1.84. The van der Waals surface area contributed by atoms with E-state index >= 15 is 0 Å². The molecule has 0 amide bonds. The molecule has 38 valence electrons. The van der Waals surface area contributed by atoms with Crippen molar-refractivity contribution in [3.8, 4) is 0 Å². The zero-order chi connectivity index (χ0) is 3.58. The van der Waals surface area contributed by atoms with Crippen molar-refractivity contribution in [2.75, 3.05) is 0 Å². The Balaban J connectivity index is 0. The summed E-state index contributed by atoms with van der Waals surface area (Å²) in [5.41, 5.74) is 0. The molecule has 5 heavy (non-hydrogen) atoms. The number of rotatable bonds is 0. The first-order chi connectivity index (χ1) is 1.73. The van der Waals surface area contributed by atoms with Gasteiger partial charge < -0.3 is 0 Å².